The average molecular weight is 565 g/mol. The van der Waals surface area contributed by atoms with Crippen LogP contribution in [0.15, 0.2) is 69.5 Å². The van der Waals surface area contributed by atoms with Gasteiger partial charge in [-0.1, -0.05) is 52.9 Å². The van der Waals surface area contributed by atoms with E-state index in [9.17, 15) is 19.2 Å². The first-order valence-electron chi connectivity index (χ1n) is 11.6. The van der Waals surface area contributed by atoms with Crippen molar-refractivity contribution in [3.05, 3.63) is 87.1 Å². The van der Waals surface area contributed by atoms with Crippen LogP contribution in [0.2, 0.25) is 5.02 Å². The van der Waals surface area contributed by atoms with E-state index in [4.69, 9.17) is 17.3 Å². The molecular formula is C26H18ClFN6O2S2. The molecule has 1 atom stereocenters. The number of anilines is 2. The van der Waals surface area contributed by atoms with Crippen LogP contribution in [-0.2, 0) is 20.8 Å². The number of aromatic nitrogens is 2. The maximum absolute atomic E-state index is 14.4. The Bertz CT molecular complexity index is 1640. The van der Waals surface area contributed by atoms with E-state index in [2.05, 4.69) is 21.6 Å². The van der Waals surface area contributed by atoms with Crippen molar-refractivity contribution < 1.29 is 14.0 Å². The lowest BCUT2D eigenvalue weighted by atomic mass is 9.64. The number of fused-ring (bicyclic) bond motifs is 3. The van der Waals surface area contributed by atoms with Gasteiger partial charge in [0.1, 0.15) is 23.1 Å². The predicted octanol–water partition coefficient (Wildman–Crippen LogP) is 5.03. The van der Waals surface area contributed by atoms with E-state index in [1.807, 2.05) is 24.3 Å². The Morgan fingerprint density at radius 2 is 2.05 bits per heavy atom. The molecule has 1 unspecified atom stereocenters. The number of nitriles is 1. The molecular weight excluding hydrogens is 547 g/mol. The van der Waals surface area contributed by atoms with Gasteiger partial charge in [0.05, 0.1) is 5.57 Å². The monoisotopic (exact) mass is 564 g/mol. The summed E-state index contributed by atoms with van der Waals surface area (Å²) in [6.45, 7) is 0. The average Bonchev–Trinajstić information content (AvgIpc) is 3.47. The number of benzene rings is 2. The molecule has 2 aliphatic heterocycles. The number of carbonyl (C=O) groups excluding carboxylic acids is 2. The zero-order chi connectivity index (χ0) is 26.6. The number of hydrogen-bond acceptors (Lipinski definition) is 9. The van der Waals surface area contributed by atoms with Crippen molar-refractivity contribution in [1.29, 1.82) is 5.26 Å². The van der Waals surface area contributed by atoms with E-state index in [1.165, 1.54) is 41.3 Å². The highest BCUT2D eigenvalue weighted by Gasteiger charge is 2.60. The summed E-state index contributed by atoms with van der Waals surface area (Å²) in [5.41, 5.74) is 6.73. The number of rotatable bonds is 4. The van der Waals surface area contributed by atoms with E-state index in [-0.39, 0.29) is 34.7 Å². The molecule has 8 nitrogen and oxygen atoms in total. The van der Waals surface area contributed by atoms with E-state index < -0.39 is 17.1 Å². The topological polar surface area (TPSA) is 125 Å². The fourth-order valence-corrected chi connectivity index (χ4v) is 7.45. The zero-order valence-electron chi connectivity index (χ0n) is 19.6. The Morgan fingerprint density at radius 3 is 2.84 bits per heavy atom. The Morgan fingerprint density at radius 1 is 1.24 bits per heavy atom. The highest BCUT2D eigenvalue weighted by Crippen LogP contribution is 2.55. The van der Waals surface area contributed by atoms with E-state index in [1.54, 1.807) is 4.90 Å². The first kappa shape index (κ1) is 24.6. The molecule has 38 heavy (non-hydrogen) atoms. The van der Waals surface area contributed by atoms with Crippen LogP contribution < -0.4 is 16.0 Å². The van der Waals surface area contributed by atoms with Gasteiger partial charge in [0, 0.05) is 39.7 Å². The number of nitrogens with zero attached hydrogens (tertiary/aromatic N) is 4. The molecule has 0 saturated carbocycles. The molecule has 190 valence electrons. The van der Waals surface area contributed by atoms with Gasteiger partial charge >= 0.3 is 0 Å². The van der Waals surface area contributed by atoms with Crippen molar-refractivity contribution in [2.24, 2.45) is 5.73 Å². The third kappa shape index (κ3) is 3.55. The van der Waals surface area contributed by atoms with Crippen molar-refractivity contribution in [2.45, 2.75) is 34.8 Å². The minimum Gasteiger partial charge on any atom is -0.384 e. The molecule has 0 saturated heterocycles. The molecule has 1 aromatic heterocycles. The number of carbonyl (C=O) groups is 2. The van der Waals surface area contributed by atoms with Crippen molar-refractivity contribution in [3.63, 3.8) is 0 Å². The van der Waals surface area contributed by atoms with Crippen LogP contribution in [-0.4, -0.2) is 21.9 Å². The minimum atomic E-state index is -1.83. The van der Waals surface area contributed by atoms with Crippen LogP contribution in [0.3, 0.4) is 0 Å². The summed E-state index contributed by atoms with van der Waals surface area (Å²) in [6, 6.07) is 13.4. The second-order valence-corrected chi connectivity index (χ2v) is 11.5. The third-order valence-corrected chi connectivity index (χ3v) is 9.34. The summed E-state index contributed by atoms with van der Waals surface area (Å²) < 4.78 is 15.1. The molecule has 3 N–H and O–H groups in total. The molecule has 3 heterocycles. The second kappa shape index (κ2) is 9.23. The van der Waals surface area contributed by atoms with Crippen LogP contribution in [0.5, 0.6) is 0 Å². The lowest BCUT2D eigenvalue weighted by Gasteiger charge is -2.42. The molecule has 1 spiro atoms. The van der Waals surface area contributed by atoms with Gasteiger partial charge in [0.25, 0.3) is 0 Å². The van der Waals surface area contributed by atoms with E-state index >= 15 is 0 Å². The quantitative estimate of drug-likeness (QED) is 0.422. The van der Waals surface area contributed by atoms with Gasteiger partial charge in [-0.25, -0.2) is 4.39 Å². The molecule has 0 radical (unpaired) electrons. The number of halogens is 2. The van der Waals surface area contributed by atoms with Crippen molar-refractivity contribution >= 4 is 57.2 Å². The summed E-state index contributed by atoms with van der Waals surface area (Å²) in [5.74, 6) is -0.948. The molecule has 0 bridgehead atoms. The van der Waals surface area contributed by atoms with Gasteiger partial charge < -0.3 is 11.1 Å². The second-order valence-electron chi connectivity index (χ2n) is 8.93. The van der Waals surface area contributed by atoms with Crippen LogP contribution in [0.1, 0.15) is 30.4 Å². The Labute approximate surface area is 230 Å². The number of nitrogens with two attached hydrogens (primary N) is 1. The standard InChI is InChI=1S/C26H18ClFN6O2S2/c27-17-5-2-1-4-13(17)12-37-25-33-32-24(38-25)34-19-6-3-7-20(35)21(19)26(16(11-29)22(34)30)15-10-14(28)8-9-18(15)31-23(26)36/h1-2,4-5,8-10H,3,6-7,12,30H2,(H,31,36). The van der Waals surface area contributed by atoms with Crippen molar-refractivity contribution in [1.82, 2.24) is 10.2 Å². The molecule has 6 rings (SSSR count). The summed E-state index contributed by atoms with van der Waals surface area (Å²) in [5, 5.41) is 22.7. The first-order chi connectivity index (χ1) is 18.4. The summed E-state index contributed by atoms with van der Waals surface area (Å²) in [6.07, 6.45) is 1.14. The number of ketones is 1. The van der Waals surface area contributed by atoms with Gasteiger partial charge in [0.2, 0.25) is 11.0 Å². The van der Waals surface area contributed by atoms with Gasteiger partial charge in [0.15, 0.2) is 10.1 Å². The number of nitrogens with one attached hydrogen (secondary N) is 1. The molecule has 12 heteroatoms. The molecule has 0 fully saturated rings. The summed E-state index contributed by atoms with van der Waals surface area (Å²) >= 11 is 8.97. The number of Topliss-reactive ketones (excluding diaryl/α,β-unsaturated/α-hetero) is 1. The third-order valence-electron chi connectivity index (χ3n) is 6.88. The van der Waals surface area contributed by atoms with Crippen LogP contribution in [0.25, 0.3) is 0 Å². The number of allylic oxidation sites excluding steroid dienone is 1. The van der Waals surface area contributed by atoms with Gasteiger partial charge in [-0.3, -0.25) is 14.5 Å². The molecule has 2 aromatic carbocycles. The molecule has 1 aliphatic carbocycles. The zero-order valence-corrected chi connectivity index (χ0v) is 22.0. The first-order valence-corrected chi connectivity index (χ1v) is 13.8. The SMILES string of the molecule is N#CC1=C(N)N(c2nnc(SCc3ccccc3Cl)s2)C2=C(C(=O)CCC2)C12C(=O)Nc1ccc(F)cc12. The van der Waals surface area contributed by atoms with Crippen LogP contribution in [0.4, 0.5) is 15.2 Å². The smallest absolute Gasteiger partial charge is 0.245 e. The molecule has 3 aliphatic rings. The Balaban J connectivity index is 1.48. The van der Waals surface area contributed by atoms with Crippen molar-refractivity contribution in [3.8, 4) is 6.07 Å². The molecule has 1 amide bonds. The minimum absolute atomic E-state index is 0.0352. The van der Waals surface area contributed by atoms with Gasteiger partial charge in [-0.05, 0) is 42.7 Å². The predicted molar refractivity (Wildman–Crippen MR) is 143 cm³/mol. The van der Waals surface area contributed by atoms with Gasteiger partial charge in [-0.15, -0.1) is 10.2 Å². The number of thioether (sulfide) groups is 1. The highest BCUT2D eigenvalue weighted by molar-refractivity contribution is 8.00. The maximum atomic E-state index is 14.4. The number of hydrogen-bond donors (Lipinski definition) is 2. The van der Waals surface area contributed by atoms with Crippen LogP contribution >= 0.6 is 34.7 Å². The molecule has 3 aromatic rings. The summed E-state index contributed by atoms with van der Waals surface area (Å²) in [7, 11) is 0. The largest absolute Gasteiger partial charge is 0.384 e. The van der Waals surface area contributed by atoms with Gasteiger partial charge in [-0.2, -0.15) is 5.26 Å². The Hall–Kier alpha value is -3.72. The van der Waals surface area contributed by atoms with Crippen LogP contribution in [0, 0.1) is 17.1 Å². The van der Waals surface area contributed by atoms with E-state index in [0.717, 1.165) is 5.56 Å². The Kier molecular flexibility index (Phi) is 5.98. The fourth-order valence-electron chi connectivity index (χ4n) is 5.29. The maximum Gasteiger partial charge on any atom is 0.245 e. The van der Waals surface area contributed by atoms with E-state index in [0.29, 0.717) is 44.5 Å². The lowest BCUT2D eigenvalue weighted by Crippen LogP contribution is -2.50. The summed E-state index contributed by atoms with van der Waals surface area (Å²) in [4.78, 5) is 28.7. The lowest BCUT2D eigenvalue weighted by molar-refractivity contribution is -0.122. The normalized spacial score (nSPS) is 20.5. The number of amides is 1. The highest BCUT2D eigenvalue weighted by atomic mass is 35.5. The fraction of sp³-hybridized carbons (Fsp3) is 0.192. The van der Waals surface area contributed by atoms with Crippen molar-refractivity contribution in [2.75, 3.05) is 10.2 Å².